The van der Waals surface area contributed by atoms with Crippen LogP contribution < -0.4 is 10.1 Å². The molecule has 7 heteroatoms. The summed E-state index contributed by atoms with van der Waals surface area (Å²) < 4.78 is 6.99. The van der Waals surface area contributed by atoms with Gasteiger partial charge in [0.05, 0.1) is 7.11 Å². The van der Waals surface area contributed by atoms with E-state index in [4.69, 9.17) is 4.74 Å². The molecule has 0 aliphatic carbocycles. The molecule has 2 aromatic rings. The lowest BCUT2D eigenvalue weighted by Gasteiger charge is -2.28. The lowest BCUT2D eigenvalue weighted by atomic mass is 9.93. The monoisotopic (exact) mass is 330 g/mol. The largest absolute Gasteiger partial charge is 0.497 e. The van der Waals surface area contributed by atoms with Gasteiger partial charge in [0, 0.05) is 11.3 Å². The van der Waals surface area contributed by atoms with Gasteiger partial charge in [-0.3, -0.25) is 4.79 Å². The quantitative estimate of drug-likeness (QED) is 0.869. The van der Waals surface area contributed by atoms with Crippen molar-refractivity contribution in [3.05, 3.63) is 41.1 Å². The van der Waals surface area contributed by atoms with Gasteiger partial charge in [-0.05, 0) is 37.8 Å². The highest BCUT2D eigenvalue weighted by Gasteiger charge is 2.32. The SMILES string of the molecule is COc1ccc(C2C(C(C)=O)=C(C)Nc3nc(SC)nn32)cc1. The zero-order valence-corrected chi connectivity index (χ0v) is 14.3. The number of methoxy groups -OCH3 is 1. The standard InChI is InChI=1S/C16H18N4O2S/c1-9-13(10(2)21)14(11-5-7-12(22-3)8-6-11)20-15(17-9)18-16(19-20)23-4/h5-8,14H,1-4H3,(H,17,18,19). The maximum atomic E-state index is 12.2. The van der Waals surface area contributed by atoms with Gasteiger partial charge in [-0.1, -0.05) is 23.9 Å². The van der Waals surface area contributed by atoms with Crippen molar-refractivity contribution in [3.63, 3.8) is 0 Å². The number of nitrogens with zero attached hydrogens (tertiary/aromatic N) is 3. The summed E-state index contributed by atoms with van der Waals surface area (Å²) >= 11 is 1.47. The van der Waals surface area contributed by atoms with Gasteiger partial charge >= 0.3 is 0 Å². The van der Waals surface area contributed by atoms with E-state index in [1.54, 1.807) is 18.7 Å². The van der Waals surface area contributed by atoms with E-state index in [2.05, 4.69) is 15.4 Å². The minimum absolute atomic E-state index is 0.0164. The second-order valence-electron chi connectivity index (χ2n) is 5.26. The molecule has 0 bridgehead atoms. The normalized spacial score (nSPS) is 16.8. The molecular formula is C16H18N4O2S. The summed E-state index contributed by atoms with van der Waals surface area (Å²) in [5, 5.41) is 8.37. The van der Waals surface area contributed by atoms with E-state index in [0.717, 1.165) is 17.0 Å². The first-order valence-electron chi connectivity index (χ1n) is 7.18. The molecule has 1 unspecified atom stereocenters. The molecule has 0 saturated heterocycles. The number of thioether (sulfide) groups is 1. The number of ketones is 1. The maximum Gasteiger partial charge on any atom is 0.227 e. The average molecular weight is 330 g/mol. The fourth-order valence-electron chi connectivity index (χ4n) is 2.77. The van der Waals surface area contributed by atoms with Crippen molar-refractivity contribution in [2.75, 3.05) is 18.7 Å². The zero-order chi connectivity index (χ0) is 16.6. The minimum Gasteiger partial charge on any atom is -0.497 e. The van der Waals surface area contributed by atoms with Crippen LogP contribution in [0.1, 0.15) is 25.5 Å². The molecular weight excluding hydrogens is 312 g/mol. The van der Waals surface area contributed by atoms with Crippen molar-refractivity contribution in [1.82, 2.24) is 14.8 Å². The Morgan fingerprint density at radius 3 is 2.61 bits per heavy atom. The van der Waals surface area contributed by atoms with Gasteiger partial charge in [0.15, 0.2) is 5.78 Å². The summed E-state index contributed by atoms with van der Waals surface area (Å²) in [5.41, 5.74) is 2.47. The van der Waals surface area contributed by atoms with Crippen molar-refractivity contribution in [3.8, 4) is 5.75 Å². The fraction of sp³-hybridized carbons (Fsp3) is 0.312. The van der Waals surface area contributed by atoms with Gasteiger partial charge in [-0.2, -0.15) is 4.98 Å². The van der Waals surface area contributed by atoms with E-state index in [1.807, 2.05) is 37.4 Å². The van der Waals surface area contributed by atoms with Crippen molar-refractivity contribution < 1.29 is 9.53 Å². The fourth-order valence-corrected chi connectivity index (χ4v) is 3.12. The smallest absolute Gasteiger partial charge is 0.227 e. The lowest BCUT2D eigenvalue weighted by molar-refractivity contribution is -0.114. The van der Waals surface area contributed by atoms with Crippen LogP contribution in [0.5, 0.6) is 5.75 Å². The topological polar surface area (TPSA) is 69.0 Å². The van der Waals surface area contributed by atoms with Crippen molar-refractivity contribution in [1.29, 1.82) is 0 Å². The van der Waals surface area contributed by atoms with Crippen LogP contribution in [0.4, 0.5) is 5.95 Å². The van der Waals surface area contributed by atoms with E-state index >= 15 is 0 Å². The van der Waals surface area contributed by atoms with Gasteiger partial charge < -0.3 is 10.1 Å². The Morgan fingerprint density at radius 1 is 1.35 bits per heavy atom. The van der Waals surface area contributed by atoms with Crippen LogP contribution in [-0.2, 0) is 4.79 Å². The second kappa shape index (κ2) is 6.08. The number of carbonyl (C=O) groups is 1. The number of carbonyl (C=O) groups excluding carboxylic acids is 1. The minimum atomic E-state index is -0.289. The molecule has 1 atom stereocenters. The van der Waals surface area contributed by atoms with Crippen LogP contribution >= 0.6 is 11.8 Å². The van der Waals surface area contributed by atoms with Crippen LogP contribution in [-0.4, -0.2) is 33.9 Å². The number of hydrogen-bond acceptors (Lipinski definition) is 6. The summed E-state index contributed by atoms with van der Waals surface area (Å²) in [4.78, 5) is 16.7. The number of aromatic nitrogens is 3. The molecule has 0 fully saturated rings. The summed E-state index contributed by atoms with van der Waals surface area (Å²) in [6.07, 6.45) is 1.93. The van der Waals surface area contributed by atoms with E-state index < -0.39 is 0 Å². The van der Waals surface area contributed by atoms with Gasteiger partial charge in [-0.25, -0.2) is 4.68 Å². The Balaban J connectivity index is 2.15. The highest BCUT2D eigenvalue weighted by Crippen LogP contribution is 2.36. The van der Waals surface area contributed by atoms with Crippen molar-refractivity contribution >= 4 is 23.5 Å². The maximum absolute atomic E-state index is 12.2. The van der Waals surface area contributed by atoms with E-state index in [1.165, 1.54) is 11.8 Å². The zero-order valence-electron chi connectivity index (χ0n) is 13.5. The van der Waals surface area contributed by atoms with Crippen LogP contribution in [0.2, 0.25) is 0 Å². The summed E-state index contributed by atoms with van der Waals surface area (Å²) in [7, 11) is 1.63. The van der Waals surface area contributed by atoms with Crippen LogP contribution in [0.3, 0.4) is 0 Å². The Morgan fingerprint density at radius 2 is 2.04 bits per heavy atom. The van der Waals surface area contributed by atoms with Crippen LogP contribution in [0.25, 0.3) is 0 Å². The summed E-state index contributed by atoms with van der Waals surface area (Å²) in [6.45, 7) is 3.47. The van der Waals surface area contributed by atoms with E-state index in [0.29, 0.717) is 16.7 Å². The van der Waals surface area contributed by atoms with Crippen LogP contribution in [0.15, 0.2) is 40.7 Å². The summed E-state index contributed by atoms with van der Waals surface area (Å²) in [5.74, 6) is 1.44. The average Bonchev–Trinajstić information content (AvgIpc) is 2.96. The van der Waals surface area contributed by atoms with Crippen LogP contribution in [0, 0.1) is 0 Å². The molecule has 120 valence electrons. The molecule has 0 spiro atoms. The molecule has 0 radical (unpaired) electrons. The van der Waals surface area contributed by atoms with Crippen molar-refractivity contribution in [2.24, 2.45) is 0 Å². The third kappa shape index (κ3) is 2.72. The first-order valence-corrected chi connectivity index (χ1v) is 8.40. The Bertz CT molecular complexity index is 780. The van der Waals surface area contributed by atoms with E-state index in [9.17, 15) is 4.79 Å². The molecule has 23 heavy (non-hydrogen) atoms. The third-order valence-electron chi connectivity index (χ3n) is 3.83. The van der Waals surface area contributed by atoms with Gasteiger partial charge in [-0.15, -0.1) is 5.10 Å². The van der Waals surface area contributed by atoms with Gasteiger partial charge in [0.2, 0.25) is 11.1 Å². The molecule has 3 rings (SSSR count). The molecule has 1 N–H and O–H groups in total. The number of rotatable bonds is 4. The third-order valence-corrected chi connectivity index (χ3v) is 4.36. The Labute approximate surface area is 138 Å². The first kappa shape index (κ1) is 15.6. The van der Waals surface area contributed by atoms with Gasteiger partial charge in [0.25, 0.3) is 0 Å². The first-order chi connectivity index (χ1) is 11.0. The van der Waals surface area contributed by atoms with E-state index in [-0.39, 0.29) is 11.8 Å². The molecule has 2 heterocycles. The molecule has 1 aromatic carbocycles. The lowest BCUT2D eigenvalue weighted by Crippen LogP contribution is -2.27. The number of Topliss-reactive ketones (excluding diaryl/α,β-unsaturated/α-hetero) is 1. The molecule has 1 aliphatic rings. The Kier molecular flexibility index (Phi) is 4.12. The molecule has 1 aromatic heterocycles. The number of benzene rings is 1. The number of anilines is 1. The van der Waals surface area contributed by atoms with Gasteiger partial charge in [0.1, 0.15) is 11.8 Å². The molecule has 0 amide bonds. The number of nitrogens with one attached hydrogen (secondary N) is 1. The number of ether oxygens (including phenoxy) is 1. The number of hydrogen-bond donors (Lipinski definition) is 1. The predicted octanol–water partition coefficient (Wildman–Crippen LogP) is 2.89. The second-order valence-corrected chi connectivity index (χ2v) is 6.04. The van der Waals surface area contributed by atoms with Crippen molar-refractivity contribution in [2.45, 2.75) is 25.0 Å². The molecule has 0 saturated carbocycles. The highest BCUT2D eigenvalue weighted by molar-refractivity contribution is 7.98. The molecule has 1 aliphatic heterocycles. The predicted molar refractivity (Wildman–Crippen MR) is 89.9 cm³/mol. The number of allylic oxidation sites excluding steroid dienone is 2. The Hall–Kier alpha value is -2.28. The number of fused-ring (bicyclic) bond motifs is 1. The molecule has 6 nitrogen and oxygen atoms in total. The highest BCUT2D eigenvalue weighted by atomic mass is 32.2. The summed E-state index contributed by atoms with van der Waals surface area (Å²) in [6, 6.07) is 7.39.